The van der Waals surface area contributed by atoms with Gasteiger partial charge in [0.15, 0.2) is 23.1 Å². The summed E-state index contributed by atoms with van der Waals surface area (Å²) in [5.41, 5.74) is 0.845. The fourth-order valence-electron chi connectivity index (χ4n) is 4.07. The second kappa shape index (κ2) is 10.8. The number of nitrogens with zero attached hydrogens (tertiary/aromatic N) is 3. The van der Waals surface area contributed by atoms with Crippen LogP contribution in [0.2, 0.25) is 0 Å². The van der Waals surface area contributed by atoms with E-state index in [1.165, 1.54) is 69.1 Å². The van der Waals surface area contributed by atoms with Crippen LogP contribution in [-0.2, 0) is 7.05 Å². The first-order chi connectivity index (χ1) is 19.3. The minimum Gasteiger partial charge on any atom is -0.491 e. The molecule has 3 aromatic heterocycles. The van der Waals surface area contributed by atoms with Gasteiger partial charge < -0.3 is 24.1 Å². The van der Waals surface area contributed by atoms with E-state index in [1.807, 2.05) is 0 Å². The van der Waals surface area contributed by atoms with Crippen molar-refractivity contribution in [3.8, 4) is 34.3 Å². The SMILES string of the molecule is COc1cc2nccc(Oc3ccc(NC(=O)c4cn(C)cc(-c5ccc(F)cc5)c4=O)cc3F)c2nc1OC. The molecule has 11 heteroatoms. The van der Waals surface area contributed by atoms with Crippen molar-refractivity contribution in [3.05, 3.63) is 101 Å². The third kappa shape index (κ3) is 5.17. The highest BCUT2D eigenvalue weighted by Crippen LogP contribution is 2.35. The van der Waals surface area contributed by atoms with E-state index >= 15 is 4.39 Å². The van der Waals surface area contributed by atoms with Crippen molar-refractivity contribution >= 4 is 22.6 Å². The predicted octanol–water partition coefficient (Wildman–Crippen LogP) is 5.34. The largest absolute Gasteiger partial charge is 0.491 e. The predicted molar refractivity (Wildman–Crippen MR) is 144 cm³/mol. The first-order valence-corrected chi connectivity index (χ1v) is 11.9. The third-order valence-electron chi connectivity index (χ3n) is 5.98. The van der Waals surface area contributed by atoms with Gasteiger partial charge in [0.05, 0.1) is 19.7 Å². The molecule has 0 spiro atoms. The van der Waals surface area contributed by atoms with Crippen LogP contribution in [0.4, 0.5) is 14.5 Å². The van der Waals surface area contributed by atoms with Gasteiger partial charge >= 0.3 is 0 Å². The third-order valence-corrected chi connectivity index (χ3v) is 5.98. The maximum Gasteiger partial charge on any atom is 0.261 e. The van der Waals surface area contributed by atoms with Gasteiger partial charge in [0.1, 0.15) is 16.9 Å². The molecule has 0 aliphatic rings. The number of aryl methyl sites for hydroxylation is 1. The van der Waals surface area contributed by atoms with Crippen LogP contribution in [0.5, 0.6) is 23.1 Å². The first-order valence-electron chi connectivity index (χ1n) is 11.9. The van der Waals surface area contributed by atoms with E-state index in [0.717, 1.165) is 6.07 Å². The van der Waals surface area contributed by atoms with Gasteiger partial charge in [0, 0.05) is 55.1 Å². The molecule has 5 rings (SSSR count). The molecule has 40 heavy (non-hydrogen) atoms. The number of methoxy groups -OCH3 is 2. The molecule has 1 N–H and O–H groups in total. The Morgan fingerprint density at radius 1 is 0.925 bits per heavy atom. The molecule has 2 aromatic carbocycles. The lowest BCUT2D eigenvalue weighted by molar-refractivity contribution is 0.102. The summed E-state index contributed by atoms with van der Waals surface area (Å²) in [5, 5.41) is 2.54. The van der Waals surface area contributed by atoms with Crippen LogP contribution >= 0.6 is 0 Å². The summed E-state index contributed by atoms with van der Waals surface area (Å²) in [6.07, 6.45) is 4.39. The van der Waals surface area contributed by atoms with Crippen molar-refractivity contribution in [3.63, 3.8) is 0 Å². The van der Waals surface area contributed by atoms with Crippen molar-refractivity contribution in [2.45, 2.75) is 0 Å². The fourth-order valence-corrected chi connectivity index (χ4v) is 4.07. The van der Waals surface area contributed by atoms with Gasteiger partial charge in [-0.25, -0.2) is 13.8 Å². The molecule has 0 atom stereocenters. The van der Waals surface area contributed by atoms with Gasteiger partial charge in [-0.3, -0.25) is 14.6 Å². The smallest absolute Gasteiger partial charge is 0.261 e. The first kappa shape index (κ1) is 26.3. The number of amides is 1. The maximum absolute atomic E-state index is 15.1. The summed E-state index contributed by atoms with van der Waals surface area (Å²) >= 11 is 0. The zero-order valence-corrected chi connectivity index (χ0v) is 21.6. The van der Waals surface area contributed by atoms with Crippen molar-refractivity contribution in [2.24, 2.45) is 7.05 Å². The number of hydrogen-bond acceptors (Lipinski definition) is 7. The van der Waals surface area contributed by atoms with Crippen molar-refractivity contribution in [2.75, 3.05) is 19.5 Å². The number of hydrogen-bond donors (Lipinski definition) is 1. The summed E-state index contributed by atoms with van der Waals surface area (Å²) in [4.78, 5) is 34.7. The van der Waals surface area contributed by atoms with Gasteiger partial charge in [-0.2, -0.15) is 0 Å². The van der Waals surface area contributed by atoms with E-state index in [4.69, 9.17) is 14.2 Å². The molecule has 5 aromatic rings. The normalized spacial score (nSPS) is 10.8. The highest BCUT2D eigenvalue weighted by atomic mass is 19.1. The average molecular weight is 545 g/mol. The van der Waals surface area contributed by atoms with Crippen LogP contribution < -0.4 is 25.0 Å². The molecular weight excluding hydrogens is 522 g/mol. The molecule has 3 heterocycles. The standard InChI is InChI=1S/C29H22F2N4O5/c1-35-14-19(16-4-6-17(30)7-5-16)27(36)20(15-35)28(37)33-18-8-9-23(21(31)12-18)40-24-10-11-32-22-13-25(38-2)29(39-3)34-26(22)24/h4-15H,1-3H3,(H,33,37). The number of anilines is 1. The molecule has 0 radical (unpaired) electrons. The Bertz CT molecular complexity index is 1810. The number of pyridine rings is 3. The van der Waals surface area contributed by atoms with Crippen molar-refractivity contribution < 1.29 is 27.8 Å². The van der Waals surface area contributed by atoms with E-state index in [0.29, 0.717) is 22.3 Å². The van der Waals surface area contributed by atoms with E-state index in [9.17, 15) is 14.0 Å². The molecule has 0 unspecified atom stereocenters. The Hall–Kier alpha value is -5.32. The molecule has 9 nitrogen and oxygen atoms in total. The summed E-state index contributed by atoms with van der Waals surface area (Å²) < 4.78 is 46.2. The fraction of sp³-hybridized carbons (Fsp3) is 0.103. The Morgan fingerprint density at radius 2 is 1.70 bits per heavy atom. The van der Waals surface area contributed by atoms with Crippen LogP contribution in [0.25, 0.3) is 22.2 Å². The molecule has 0 bridgehead atoms. The maximum atomic E-state index is 15.1. The number of rotatable bonds is 7. The van der Waals surface area contributed by atoms with Gasteiger partial charge in [-0.15, -0.1) is 0 Å². The Morgan fingerprint density at radius 3 is 2.40 bits per heavy atom. The number of fused-ring (bicyclic) bond motifs is 1. The number of carbonyl (C=O) groups excluding carboxylic acids is 1. The van der Waals surface area contributed by atoms with E-state index in [2.05, 4.69) is 15.3 Å². The summed E-state index contributed by atoms with van der Waals surface area (Å²) in [6.45, 7) is 0. The van der Waals surface area contributed by atoms with Gasteiger partial charge in [0.2, 0.25) is 5.43 Å². The Balaban J connectivity index is 1.40. The van der Waals surface area contributed by atoms with Crippen molar-refractivity contribution in [1.82, 2.24) is 14.5 Å². The Labute approximate surface area is 226 Å². The number of carbonyl (C=O) groups is 1. The quantitative estimate of drug-likeness (QED) is 0.295. The number of nitrogens with one attached hydrogen (secondary N) is 1. The number of aromatic nitrogens is 3. The number of ether oxygens (including phenoxy) is 3. The highest BCUT2D eigenvalue weighted by Gasteiger charge is 2.18. The highest BCUT2D eigenvalue weighted by molar-refractivity contribution is 6.04. The second-order valence-corrected chi connectivity index (χ2v) is 8.67. The van der Waals surface area contributed by atoms with E-state index in [-0.39, 0.29) is 34.2 Å². The van der Waals surface area contributed by atoms with E-state index < -0.39 is 23.0 Å². The topological polar surface area (TPSA) is 105 Å². The van der Waals surface area contributed by atoms with Gasteiger partial charge in [-0.05, 0) is 29.8 Å². The Kier molecular flexibility index (Phi) is 7.11. The lowest BCUT2D eigenvalue weighted by Crippen LogP contribution is -2.24. The number of halogens is 2. The summed E-state index contributed by atoms with van der Waals surface area (Å²) in [6, 6.07) is 12.4. The summed E-state index contributed by atoms with van der Waals surface area (Å²) in [7, 11) is 4.56. The summed E-state index contributed by atoms with van der Waals surface area (Å²) in [5.74, 6) is -1.26. The molecule has 0 fully saturated rings. The van der Waals surface area contributed by atoms with Gasteiger partial charge in [0.25, 0.3) is 11.8 Å². The van der Waals surface area contributed by atoms with Crippen LogP contribution in [0.1, 0.15) is 10.4 Å². The minimum atomic E-state index is -0.767. The van der Waals surface area contributed by atoms with Crippen molar-refractivity contribution in [1.29, 1.82) is 0 Å². The van der Waals surface area contributed by atoms with E-state index in [1.54, 1.807) is 23.9 Å². The number of benzene rings is 2. The lowest BCUT2D eigenvalue weighted by atomic mass is 10.0. The molecule has 1 amide bonds. The lowest BCUT2D eigenvalue weighted by Gasteiger charge is -2.13. The molecule has 0 aliphatic heterocycles. The zero-order valence-electron chi connectivity index (χ0n) is 21.6. The average Bonchev–Trinajstić information content (AvgIpc) is 2.95. The van der Waals surface area contributed by atoms with Gasteiger partial charge in [-0.1, -0.05) is 12.1 Å². The van der Waals surface area contributed by atoms with Crippen LogP contribution in [-0.4, -0.2) is 34.7 Å². The zero-order chi connectivity index (χ0) is 28.4. The van der Waals surface area contributed by atoms with Crippen LogP contribution in [0.3, 0.4) is 0 Å². The minimum absolute atomic E-state index is 0.105. The molecular formula is C29H22F2N4O5. The molecule has 202 valence electrons. The molecule has 0 saturated carbocycles. The second-order valence-electron chi connectivity index (χ2n) is 8.67. The monoisotopic (exact) mass is 544 g/mol. The van der Waals surface area contributed by atoms with Crippen LogP contribution in [0, 0.1) is 11.6 Å². The molecule has 0 saturated heterocycles. The molecule has 0 aliphatic carbocycles. The van der Waals surface area contributed by atoms with Crippen LogP contribution in [0.15, 0.2) is 78.0 Å².